The number of hydrogen-bond donors (Lipinski definition) is 0. The van der Waals surface area contributed by atoms with Gasteiger partial charge in [0.05, 0.1) is 0 Å². The van der Waals surface area contributed by atoms with E-state index in [-0.39, 0.29) is 5.92 Å². The summed E-state index contributed by atoms with van der Waals surface area (Å²) in [5.41, 5.74) is 22.7. The first-order chi connectivity index (χ1) is 13.7. The molecule has 2 aromatic rings. The molecule has 1 atom stereocenters. The Morgan fingerprint density at radius 3 is 1.89 bits per heavy atom. The summed E-state index contributed by atoms with van der Waals surface area (Å²) < 4.78 is 0. The third-order valence-corrected chi connectivity index (χ3v) is 4.45. The maximum Gasteiger partial charge on any atom is 0.0375 e. The van der Waals surface area contributed by atoms with Crippen LogP contribution in [0.4, 0.5) is 11.4 Å². The van der Waals surface area contributed by atoms with Crippen LogP contribution >= 0.6 is 0 Å². The van der Waals surface area contributed by atoms with Gasteiger partial charge in [-0.3, -0.25) is 0 Å². The van der Waals surface area contributed by atoms with Crippen molar-refractivity contribution < 1.29 is 0 Å². The highest BCUT2D eigenvalue weighted by Crippen LogP contribution is 2.33. The van der Waals surface area contributed by atoms with Crippen molar-refractivity contribution in [1.29, 1.82) is 0 Å². The van der Waals surface area contributed by atoms with Gasteiger partial charge in [0.25, 0.3) is 0 Å². The van der Waals surface area contributed by atoms with Crippen LogP contribution < -0.4 is 0 Å². The van der Waals surface area contributed by atoms with Crippen LogP contribution in [-0.4, -0.2) is 0 Å². The summed E-state index contributed by atoms with van der Waals surface area (Å²) in [6.07, 6.45) is 11.3. The minimum Gasteiger partial charge on any atom is -0.102 e. The second kappa shape index (κ2) is 9.10. The molecule has 0 bridgehead atoms. The van der Waals surface area contributed by atoms with Gasteiger partial charge in [-0.15, -0.1) is 6.58 Å². The Hall–Kier alpha value is -3.98. The fourth-order valence-corrected chi connectivity index (χ4v) is 3.13. The van der Waals surface area contributed by atoms with E-state index in [0.717, 1.165) is 23.1 Å². The Morgan fingerprint density at radius 1 is 0.857 bits per heavy atom. The molecule has 0 aromatic heterocycles. The first kappa shape index (κ1) is 18.8. The molecule has 0 fully saturated rings. The van der Waals surface area contributed by atoms with Gasteiger partial charge in [-0.25, -0.2) is 0 Å². The van der Waals surface area contributed by atoms with Gasteiger partial charge in [0.2, 0.25) is 0 Å². The summed E-state index contributed by atoms with van der Waals surface area (Å²) in [4.78, 5) is 5.59. The van der Waals surface area contributed by atoms with E-state index >= 15 is 0 Å². The van der Waals surface area contributed by atoms with Gasteiger partial charge in [-0.05, 0) is 34.2 Å². The molecule has 28 heavy (non-hydrogen) atoms. The largest absolute Gasteiger partial charge is 0.102 e. The van der Waals surface area contributed by atoms with Crippen LogP contribution in [0.2, 0.25) is 0 Å². The molecule has 0 radical (unpaired) electrons. The van der Waals surface area contributed by atoms with Gasteiger partial charge in [0.15, 0.2) is 0 Å². The SMILES string of the molecule is C=CC1C(=Cc2ccc(N=[N+]=[N-])cc2)C=CCC1=Cc1ccc(N=[N+]=[N-])cc1. The molecular formula is C22H18N6. The second-order valence-electron chi connectivity index (χ2n) is 6.25. The van der Waals surface area contributed by atoms with Crippen LogP contribution in [0.5, 0.6) is 0 Å². The molecule has 0 aliphatic heterocycles. The average molecular weight is 366 g/mol. The van der Waals surface area contributed by atoms with Crippen molar-refractivity contribution >= 4 is 23.5 Å². The lowest BCUT2D eigenvalue weighted by atomic mass is 9.82. The van der Waals surface area contributed by atoms with E-state index in [1.807, 2.05) is 30.3 Å². The van der Waals surface area contributed by atoms with Crippen LogP contribution in [0.15, 0.2) is 94.7 Å². The van der Waals surface area contributed by atoms with E-state index in [1.54, 1.807) is 24.3 Å². The van der Waals surface area contributed by atoms with Gasteiger partial charge < -0.3 is 0 Å². The molecule has 0 saturated heterocycles. The number of benzene rings is 2. The highest BCUT2D eigenvalue weighted by molar-refractivity contribution is 5.65. The molecule has 0 N–H and O–H groups in total. The van der Waals surface area contributed by atoms with Gasteiger partial charge in [-0.1, -0.05) is 94.7 Å². The summed E-state index contributed by atoms with van der Waals surface area (Å²) in [5, 5.41) is 7.20. The number of rotatable bonds is 5. The minimum absolute atomic E-state index is 0.110. The van der Waals surface area contributed by atoms with Crippen molar-refractivity contribution in [3.05, 3.63) is 116 Å². The van der Waals surface area contributed by atoms with Crippen molar-refractivity contribution in [2.24, 2.45) is 16.1 Å². The molecule has 6 heteroatoms. The Morgan fingerprint density at radius 2 is 1.39 bits per heavy atom. The zero-order valence-corrected chi connectivity index (χ0v) is 15.2. The molecule has 136 valence electrons. The Bertz CT molecular complexity index is 1050. The molecular weight excluding hydrogens is 348 g/mol. The lowest BCUT2D eigenvalue weighted by Gasteiger charge is -2.22. The fraction of sp³-hybridized carbons (Fsp3) is 0.0909. The van der Waals surface area contributed by atoms with E-state index in [1.165, 1.54) is 5.57 Å². The van der Waals surface area contributed by atoms with Gasteiger partial charge in [0.1, 0.15) is 0 Å². The molecule has 1 aliphatic carbocycles. The lowest BCUT2D eigenvalue weighted by Crippen LogP contribution is -2.07. The van der Waals surface area contributed by atoms with E-state index in [0.29, 0.717) is 11.4 Å². The van der Waals surface area contributed by atoms with Crippen molar-refractivity contribution in [1.82, 2.24) is 0 Å². The predicted octanol–water partition coefficient (Wildman–Crippen LogP) is 7.80. The molecule has 3 rings (SSSR count). The van der Waals surface area contributed by atoms with Crippen LogP contribution in [0.3, 0.4) is 0 Å². The van der Waals surface area contributed by atoms with Crippen molar-refractivity contribution in [3.8, 4) is 0 Å². The summed E-state index contributed by atoms with van der Waals surface area (Å²) in [5.74, 6) is 0.110. The quantitative estimate of drug-likeness (QED) is 0.223. The topological polar surface area (TPSA) is 97.5 Å². The number of allylic oxidation sites excluding steroid dienone is 5. The van der Waals surface area contributed by atoms with Crippen LogP contribution in [-0.2, 0) is 0 Å². The van der Waals surface area contributed by atoms with Crippen molar-refractivity contribution in [2.45, 2.75) is 6.42 Å². The number of nitrogens with zero attached hydrogens (tertiary/aromatic N) is 6. The average Bonchev–Trinajstić information content (AvgIpc) is 2.72. The van der Waals surface area contributed by atoms with E-state index < -0.39 is 0 Å². The van der Waals surface area contributed by atoms with E-state index in [2.05, 4.69) is 50.9 Å². The van der Waals surface area contributed by atoms with E-state index in [4.69, 9.17) is 11.1 Å². The van der Waals surface area contributed by atoms with Crippen LogP contribution in [0.1, 0.15) is 17.5 Å². The Labute approximate surface area is 163 Å². The molecule has 0 heterocycles. The molecule has 0 saturated carbocycles. The number of azide groups is 2. The highest BCUT2D eigenvalue weighted by Gasteiger charge is 2.17. The van der Waals surface area contributed by atoms with E-state index in [9.17, 15) is 0 Å². The summed E-state index contributed by atoms with van der Waals surface area (Å²) in [7, 11) is 0. The molecule has 0 spiro atoms. The first-order valence-electron chi connectivity index (χ1n) is 8.75. The zero-order chi connectivity index (χ0) is 19.8. The molecule has 6 nitrogen and oxygen atoms in total. The highest BCUT2D eigenvalue weighted by atomic mass is 15.1. The Balaban J connectivity index is 1.89. The molecule has 1 unspecified atom stereocenters. The fourth-order valence-electron chi connectivity index (χ4n) is 3.13. The molecule has 0 amide bonds. The van der Waals surface area contributed by atoms with Crippen molar-refractivity contribution in [3.63, 3.8) is 0 Å². The van der Waals surface area contributed by atoms with Crippen LogP contribution in [0, 0.1) is 5.92 Å². The minimum atomic E-state index is 0.110. The molecule has 2 aromatic carbocycles. The first-order valence-corrected chi connectivity index (χ1v) is 8.75. The maximum absolute atomic E-state index is 8.51. The summed E-state index contributed by atoms with van der Waals surface area (Å²) in [6.45, 7) is 4.02. The third kappa shape index (κ3) is 4.59. The lowest BCUT2D eigenvalue weighted by molar-refractivity contribution is 0.876. The van der Waals surface area contributed by atoms with Gasteiger partial charge >= 0.3 is 0 Å². The third-order valence-electron chi connectivity index (χ3n) is 4.45. The predicted molar refractivity (Wildman–Crippen MR) is 114 cm³/mol. The standard InChI is InChI=1S/C22H18N6/c1-2-22-18(14-16-6-10-20(11-7-16)25-27-23)4-3-5-19(22)15-17-8-12-21(13-9-17)26-28-24/h2-4,6-15,22H,1,5H2. The van der Waals surface area contributed by atoms with Gasteiger partial charge in [0, 0.05) is 27.1 Å². The second-order valence-corrected chi connectivity index (χ2v) is 6.25. The Kier molecular flexibility index (Phi) is 6.11. The smallest absolute Gasteiger partial charge is 0.0375 e. The van der Waals surface area contributed by atoms with Gasteiger partial charge in [-0.2, -0.15) is 0 Å². The maximum atomic E-state index is 8.51. The zero-order valence-electron chi connectivity index (χ0n) is 15.2. The van der Waals surface area contributed by atoms with Crippen molar-refractivity contribution in [2.75, 3.05) is 0 Å². The summed E-state index contributed by atoms with van der Waals surface area (Å²) in [6, 6.07) is 14.9. The number of hydrogen-bond acceptors (Lipinski definition) is 2. The van der Waals surface area contributed by atoms with Crippen LogP contribution in [0.25, 0.3) is 33.0 Å². The normalized spacial score (nSPS) is 18.4. The monoisotopic (exact) mass is 366 g/mol. The summed E-state index contributed by atoms with van der Waals surface area (Å²) >= 11 is 0. The molecule has 1 aliphatic rings.